The molecule has 0 aliphatic rings. The monoisotopic (exact) mass is 290 g/mol. The molecule has 1 aromatic rings. The van der Waals surface area contributed by atoms with Crippen molar-refractivity contribution < 1.29 is 4.79 Å². The zero-order valence-electron chi connectivity index (χ0n) is 13.9. The van der Waals surface area contributed by atoms with Gasteiger partial charge in [-0.05, 0) is 30.2 Å². The van der Waals surface area contributed by atoms with E-state index in [1.165, 1.54) is 5.56 Å². The van der Waals surface area contributed by atoms with Crippen molar-refractivity contribution in [2.24, 2.45) is 16.6 Å². The number of carbonyl (C=O) groups excluding carboxylic acids is 1. The first-order valence-corrected chi connectivity index (χ1v) is 7.91. The molecule has 0 saturated heterocycles. The fourth-order valence-electron chi connectivity index (χ4n) is 2.67. The molecule has 0 aromatic heterocycles. The van der Waals surface area contributed by atoms with Crippen LogP contribution >= 0.6 is 0 Å². The van der Waals surface area contributed by atoms with Gasteiger partial charge in [-0.1, -0.05) is 58.0 Å². The topological polar surface area (TPSA) is 55.1 Å². The van der Waals surface area contributed by atoms with Crippen molar-refractivity contribution >= 4 is 5.91 Å². The van der Waals surface area contributed by atoms with Crippen molar-refractivity contribution in [1.29, 1.82) is 0 Å². The Bertz CT molecular complexity index is 428. The van der Waals surface area contributed by atoms with Crippen LogP contribution in [0.2, 0.25) is 0 Å². The van der Waals surface area contributed by atoms with Gasteiger partial charge in [0, 0.05) is 13.1 Å². The number of carbonyl (C=O) groups is 1. The molecule has 0 fully saturated rings. The summed E-state index contributed by atoms with van der Waals surface area (Å²) < 4.78 is 0. The van der Waals surface area contributed by atoms with Crippen molar-refractivity contribution in [2.75, 3.05) is 13.1 Å². The van der Waals surface area contributed by atoms with Crippen LogP contribution in [-0.4, -0.2) is 19.0 Å². The third kappa shape index (κ3) is 4.85. The van der Waals surface area contributed by atoms with Crippen molar-refractivity contribution in [1.82, 2.24) is 5.32 Å². The molecule has 21 heavy (non-hydrogen) atoms. The second-order valence-electron chi connectivity index (χ2n) is 6.70. The summed E-state index contributed by atoms with van der Waals surface area (Å²) in [6.07, 6.45) is 2.51. The second-order valence-corrected chi connectivity index (χ2v) is 6.70. The Morgan fingerprint density at radius 1 is 1.14 bits per heavy atom. The van der Waals surface area contributed by atoms with E-state index in [1.807, 2.05) is 19.9 Å². The van der Waals surface area contributed by atoms with Crippen LogP contribution in [0, 0.1) is 10.8 Å². The largest absolute Gasteiger partial charge is 0.355 e. The lowest BCUT2D eigenvalue weighted by atomic mass is 9.80. The quantitative estimate of drug-likeness (QED) is 0.773. The number of nitrogens with two attached hydrogens (primary N) is 1. The van der Waals surface area contributed by atoms with Gasteiger partial charge in [-0.2, -0.15) is 0 Å². The highest BCUT2D eigenvalue weighted by atomic mass is 16.2. The number of hydrogen-bond donors (Lipinski definition) is 2. The molecule has 3 N–H and O–H groups in total. The minimum absolute atomic E-state index is 0.0266. The summed E-state index contributed by atoms with van der Waals surface area (Å²) >= 11 is 0. The van der Waals surface area contributed by atoms with E-state index in [0.29, 0.717) is 13.1 Å². The standard InChI is InChI=1S/C18H30N2O/c1-5-18(6-2,13-19)16(21)20-14-17(3,4)12-15-10-8-7-9-11-15/h7-11H,5-6,12-14,19H2,1-4H3,(H,20,21). The summed E-state index contributed by atoms with van der Waals surface area (Å²) in [5, 5.41) is 3.12. The maximum Gasteiger partial charge on any atom is 0.227 e. The van der Waals surface area contributed by atoms with E-state index in [-0.39, 0.29) is 11.3 Å². The number of rotatable bonds is 8. The normalized spacial score (nSPS) is 12.2. The Morgan fingerprint density at radius 2 is 1.71 bits per heavy atom. The summed E-state index contributed by atoms with van der Waals surface area (Å²) in [5.74, 6) is 0.0936. The maximum atomic E-state index is 12.5. The van der Waals surface area contributed by atoms with Gasteiger partial charge in [0.2, 0.25) is 5.91 Å². The van der Waals surface area contributed by atoms with Crippen molar-refractivity contribution in [2.45, 2.75) is 47.0 Å². The Kier molecular flexibility index (Phi) is 6.41. The fourth-order valence-corrected chi connectivity index (χ4v) is 2.67. The lowest BCUT2D eigenvalue weighted by Crippen LogP contribution is -2.48. The molecule has 3 heteroatoms. The molecule has 1 amide bonds. The molecule has 0 bridgehead atoms. The van der Waals surface area contributed by atoms with Gasteiger partial charge in [-0.3, -0.25) is 4.79 Å². The van der Waals surface area contributed by atoms with E-state index >= 15 is 0 Å². The molecule has 1 aromatic carbocycles. The molecule has 0 heterocycles. The van der Waals surface area contributed by atoms with E-state index in [9.17, 15) is 4.79 Å². The molecule has 0 radical (unpaired) electrons. The molecule has 0 spiro atoms. The molecule has 3 nitrogen and oxygen atoms in total. The van der Waals surface area contributed by atoms with Crippen LogP contribution in [0.15, 0.2) is 30.3 Å². The van der Waals surface area contributed by atoms with Gasteiger partial charge in [-0.25, -0.2) is 0 Å². The average molecular weight is 290 g/mol. The van der Waals surface area contributed by atoms with Gasteiger partial charge in [0.15, 0.2) is 0 Å². The first kappa shape index (κ1) is 17.7. The molecule has 1 rings (SSSR count). The summed E-state index contributed by atoms with van der Waals surface area (Å²) in [6.45, 7) is 9.51. The number of benzene rings is 1. The van der Waals surface area contributed by atoms with Gasteiger partial charge in [0.1, 0.15) is 0 Å². The maximum absolute atomic E-state index is 12.5. The Labute approximate surface area is 129 Å². The second kappa shape index (κ2) is 7.60. The lowest BCUT2D eigenvalue weighted by molar-refractivity contribution is -0.131. The summed E-state index contributed by atoms with van der Waals surface area (Å²) in [6, 6.07) is 10.4. The molecule has 0 aliphatic heterocycles. The van der Waals surface area contributed by atoms with Crippen molar-refractivity contribution in [3.8, 4) is 0 Å². The van der Waals surface area contributed by atoms with Crippen LogP contribution in [-0.2, 0) is 11.2 Å². The minimum atomic E-state index is -0.414. The summed E-state index contributed by atoms with van der Waals surface area (Å²) in [4.78, 5) is 12.5. The fraction of sp³-hybridized carbons (Fsp3) is 0.611. The van der Waals surface area contributed by atoms with Gasteiger partial charge in [0.05, 0.1) is 5.41 Å². The summed E-state index contributed by atoms with van der Waals surface area (Å²) in [7, 11) is 0. The van der Waals surface area contributed by atoms with Crippen LogP contribution in [0.4, 0.5) is 0 Å². The van der Waals surface area contributed by atoms with Gasteiger partial charge in [-0.15, -0.1) is 0 Å². The number of nitrogens with one attached hydrogen (secondary N) is 1. The Hall–Kier alpha value is -1.35. The van der Waals surface area contributed by atoms with Gasteiger partial charge in [0.25, 0.3) is 0 Å². The van der Waals surface area contributed by atoms with Crippen LogP contribution < -0.4 is 11.1 Å². The van der Waals surface area contributed by atoms with Gasteiger partial charge >= 0.3 is 0 Å². The summed E-state index contributed by atoms with van der Waals surface area (Å²) in [5.41, 5.74) is 6.74. The third-order valence-corrected chi connectivity index (χ3v) is 4.48. The number of amides is 1. The molecule has 0 unspecified atom stereocenters. The SMILES string of the molecule is CCC(CC)(CN)C(=O)NCC(C)(C)Cc1ccccc1. The molecule has 0 saturated carbocycles. The Balaban J connectivity index is 2.62. The highest BCUT2D eigenvalue weighted by Crippen LogP contribution is 2.26. The molecule has 0 atom stereocenters. The predicted octanol–water partition coefficient (Wildman–Crippen LogP) is 3.14. The highest BCUT2D eigenvalue weighted by molar-refractivity contribution is 5.82. The van der Waals surface area contributed by atoms with Crippen molar-refractivity contribution in [3.05, 3.63) is 35.9 Å². The highest BCUT2D eigenvalue weighted by Gasteiger charge is 2.34. The first-order valence-electron chi connectivity index (χ1n) is 7.91. The van der Waals surface area contributed by atoms with Crippen LogP contribution in [0.1, 0.15) is 46.1 Å². The number of hydrogen-bond acceptors (Lipinski definition) is 2. The van der Waals surface area contributed by atoms with Crippen LogP contribution in [0.3, 0.4) is 0 Å². The Morgan fingerprint density at radius 3 is 2.19 bits per heavy atom. The zero-order chi connectivity index (χ0) is 15.9. The van der Waals surface area contributed by atoms with E-state index in [4.69, 9.17) is 5.73 Å². The third-order valence-electron chi connectivity index (χ3n) is 4.48. The predicted molar refractivity (Wildman–Crippen MR) is 89.0 cm³/mol. The lowest BCUT2D eigenvalue weighted by Gasteiger charge is -2.32. The van der Waals surface area contributed by atoms with Gasteiger partial charge < -0.3 is 11.1 Å². The van der Waals surface area contributed by atoms with E-state index in [0.717, 1.165) is 19.3 Å². The molecule has 118 valence electrons. The molecular weight excluding hydrogens is 260 g/mol. The van der Waals surface area contributed by atoms with Crippen LogP contribution in [0.5, 0.6) is 0 Å². The minimum Gasteiger partial charge on any atom is -0.355 e. The zero-order valence-corrected chi connectivity index (χ0v) is 13.9. The van der Waals surface area contributed by atoms with E-state index in [1.54, 1.807) is 0 Å². The van der Waals surface area contributed by atoms with Crippen LogP contribution in [0.25, 0.3) is 0 Å². The van der Waals surface area contributed by atoms with E-state index in [2.05, 4.69) is 43.4 Å². The smallest absolute Gasteiger partial charge is 0.227 e. The van der Waals surface area contributed by atoms with E-state index < -0.39 is 5.41 Å². The average Bonchev–Trinajstić information content (AvgIpc) is 2.48. The molecule has 0 aliphatic carbocycles. The first-order chi connectivity index (χ1) is 9.89. The van der Waals surface area contributed by atoms with Crippen molar-refractivity contribution in [3.63, 3.8) is 0 Å². The molecular formula is C18H30N2O.